The Bertz CT molecular complexity index is 1500. The van der Waals surface area contributed by atoms with E-state index in [-0.39, 0.29) is 29.7 Å². The Morgan fingerprint density at radius 3 is 2.77 bits per heavy atom. The van der Waals surface area contributed by atoms with Crippen molar-refractivity contribution in [1.82, 2.24) is 30.0 Å². The van der Waals surface area contributed by atoms with Gasteiger partial charge in [0.15, 0.2) is 5.82 Å². The first-order chi connectivity index (χ1) is 20.9. The number of nitrogens with zero attached hydrogens (tertiary/aromatic N) is 6. The highest BCUT2D eigenvalue weighted by Crippen LogP contribution is 2.24. The number of nitrogens with two attached hydrogens (primary N) is 1. The molecule has 43 heavy (non-hydrogen) atoms. The Hall–Kier alpha value is -4.08. The van der Waals surface area contributed by atoms with Crippen molar-refractivity contribution in [1.29, 1.82) is 0 Å². The first-order valence-corrected chi connectivity index (χ1v) is 14.9. The van der Waals surface area contributed by atoms with Crippen LogP contribution in [0.2, 0.25) is 0 Å². The minimum absolute atomic E-state index is 0.0187. The fraction of sp³-hybridized carbons (Fsp3) is 0.429. The molecule has 2 aliphatic rings. The number of hydrogen-bond acceptors (Lipinski definition) is 11. The molecule has 4 heterocycles. The molecule has 1 aliphatic carbocycles. The smallest absolute Gasteiger partial charge is 0.434 e. The first kappa shape index (κ1) is 30.4. The summed E-state index contributed by atoms with van der Waals surface area (Å²) in [6, 6.07) is 1.83. The molecule has 1 saturated heterocycles. The van der Waals surface area contributed by atoms with E-state index in [9.17, 15) is 18.4 Å². The van der Waals surface area contributed by atoms with Crippen LogP contribution in [0.4, 0.5) is 13.6 Å². The lowest BCUT2D eigenvalue weighted by Crippen LogP contribution is -2.38. The lowest BCUT2D eigenvalue weighted by Gasteiger charge is -2.26. The Morgan fingerprint density at radius 1 is 1.19 bits per heavy atom. The molecule has 1 aliphatic heterocycles. The Kier molecular flexibility index (Phi) is 10.2. The maximum Gasteiger partial charge on any atom is 0.434 e. The van der Waals surface area contributed by atoms with Crippen molar-refractivity contribution in [2.75, 3.05) is 39.5 Å². The van der Waals surface area contributed by atoms with Gasteiger partial charge in [-0.1, -0.05) is 19.3 Å². The molecule has 15 heteroatoms. The molecule has 3 aromatic rings. The standard InChI is InChI=1S/C28H32F2N8O4S/c29-20-6-7-23(30)36-25(20)24(31)21(15-32-19-4-2-1-3-5-19)34-26(39)22-17-43-27(35-22)18-14-33-38(16-18)28(40)42-13-10-37-8-11-41-12-9-37/h6-7,14-17,19H,1-5,8-13,31H2,(H,34,39). The lowest BCUT2D eigenvalue weighted by molar-refractivity contribution is 0.0280. The predicted molar refractivity (Wildman–Crippen MR) is 155 cm³/mol. The molecule has 1 amide bonds. The molecule has 3 N–H and O–H groups in total. The summed E-state index contributed by atoms with van der Waals surface area (Å²) in [7, 11) is 0. The van der Waals surface area contributed by atoms with Gasteiger partial charge in [0.1, 0.15) is 23.0 Å². The number of hydrogen-bond donors (Lipinski definition) is 2. The average molecular weight is 615 g/mol. The van der Waals surface area contributed by atoms with Crippen molar-refractivity contribution in [2.24, 2.45) is 10.7 Å². The van der Waals surface area contributed by atoms with Crippen LogP contribution in [-0.2, 0) is 9.47 Å². The minimum atomic E-state index is -0.917. The molecule has 0 bridgehead atoms. The molecule has 5 rings (SSSR count). The Balaban J connectivity index is 1.27. The van der Waals surface area contributed by atoms with Gasteiger partial charge in [-0.15, -0.1) is 11.3 Å². The van der Waals surface area contributed by atoms with Crippen molar-refractivity contribution in [2.45, 2.75) is 38.1 Å². The fourth-order valence-corrected chi connectivity index (χ4v) is 5.47. The summed E-state index contributed by atoms with van der Waals surface area (Å²) in [4.78, 5) is 40.3. The highest BCUT2D eigenvalue weighted by atomic mass is 32.1. The van der Waals surface area contributed by atoms with Gasteiger partial charge in [-0.2, -0.15) is 14.2 Å². The average Bonchev–Trinajstić information content (AvgIpc) is 3.72. The fourth-order valence-electron chi connectivity index (χ4n) is 4.70. The number of aliphatic imine (C=N–C) groups is 1. The highest BCUT2D eigenvalue weighted by molar-refractivity contribution is 7.13. The van der Waals surface area contributed by atoms with Gasteiger partial charge in [0, 0.05) is 43.0 Å². The highest BCUT2D eigenvalue weighted by Gasteiger charge is 2.20. The molecular weight excluding hydrogens is 582 g/mol. The van der Waals surface area contributed by atoms with Crippen molar-refractivity contribution >= 4 is 35.2 Å². The Labute approximate surface area is 250 Å². The molecule has 3 aromatic heterocycles. The molecule has 0 atom stereocenters. The number of aromatic nitrogens is 4. The summed E-state index contributed by atoms with van der Waals surface area (Å²) in [5, 5.41) is 8.65. The molecule has 0 radical (unpaired) electrons. The molecule has 0 aromatic carbocycles. The number of rotatable bonds is 9. The van der Waals surface area contributed by atoms with Gasteiger partial charge in [-0.25, -0.2) is 19.2 Å². The van der Waals surface area contributed by atoms with Crippen LogP contribution >= 0.6 is 11.3 Å². The van der Waals surface area contributed by atoms with E-state index in [0.29, 0.717) is 30.3 Å². The van der Waals surface area contributed by atoms with E-state index < -0.39 is 29.5 Å². The SMILES string of the molecule is NC(=C(C=NC1CCCCC1)NC(=O)c1csc(-c2cnn(C(=O)OCCN3CCOCC3)c2)n1)c1nc(F)ccc1F. The maximum atomic E-state index is 14.5. The normalized spacial score (nSPS) is 17.2. The van der Waals surface area contributed by atoms with Crippen LogP contribution in [-0.4, -0.2) is 88.4 Å². The summed E-state index contributed by atoms with van der Waals surface area (Å²) in [6.45, 7) is 3.71. The van der Waals surface area contributed by atoms with Crippen molar-refractivity contribution < 1.29 is 27.8 Å². The number of ether oxygens (including phenoxy) is 2. The summed E-state index contributed by atoms with van der Waals surface area (Å²) >= 11 is 1.17. The molecule has 1 saturated carbocycles. The van der Waals surface area contributed by atoms with Gasteiger partial charge in [0.2, 0.25) is 5.95 Å². The van der Waals surface area contributed by atoms with Gasteiger partial charge < -0.3 is 20.5 Å². The van der Waals surface area contributed by atoms with Crippen LogP contribution in [0.3, 0.4) is 0 Å². The summed E-state index contributed by atoms with van der Waals surface area (Å²) in [5.41, 5.74) is 6.01. The lowest BCUT2D eigenvalue weighted by atomic mass is 9.96. The third-order valence-electron chi connectivity index (χ3n) is 7.08. The van der Waals surface area contributed by atoms with Crippen LogP contribution in [0.25, 0.3) is 16.3 Å². The largest absolute Gasteiger partial charge is 0.447 e. The summed E-state index contributed by atoms with van der Waals surface area (Å²) < 4.78 is 40.0. The second-order valence-corrected chi connectivity index (χ2v) is 11.0. The van der Waals surface area contributed by atoms with Crippen LogP contribution in [0.1, 0.15) is 48.3 Å². The van der Waals surface area contributed by atoms with E-state index >= 15 is 0 Å². The number of carbonyl (C=O) groups is 2. The van der Waals surface area contributed by atoms with E-state index in [1.807, 2.05) is 0 Å². The number of pyridine rings is 1. The number of allylic oxidation sites excluding steroid dienone is 1. The van der Waals surface area contributed by atoms with Crippen LogP contribution in [0.5, 0.6) is 0 Å². The second-order valence-electron chi connectivity index (χ2n) is 10.1. The molecule has 12 nitrogen and oxygen atoms in total. The third-order valence-corrected chi connectivity index (χ3v) is 7.98. The number of amides is 1. The zero-order valence-corrected chi connectivity index (χ0v) is 24.2. The minimum Gasteiger partial charge on any atom is -0.447 e. The van der Waals surface area contributed by atoms with E-state index in [4.69, 9.17) is 15.2 Å². The molecule has 228 valence electrons. The van der Waals surface area contributed by atoms with E-state index in [2.05, 4.69) is 30.3 Å². The Morgan fingerprint density at radius 2 is 1.98 bits per heavy atom. The first-order valence-electron chi connectivity index (χ1n) is 14.0. The van der Waals surface area contributed by atoms with Gasteiger partial charge in [0.05, 0.1) is 36.8 Å². The molecular formula is C28H32F2N8O4S. The number of morpholine rings is 1. The number of carbonyl (C=O) groups excluding carboxylic acids is 2. The monoisotopic (exact) mass is 614 g/mol. The summed E-state index contributed by atoms with van der Waals surface area (Å²) in [6.07, 6.45) is 8.63. The van der Waals surface area contributed by atoms with E-state index in [0.717, 1.165) is 62.0 Å². The van der Waals surface area contributed by atoms with E-state index in [1.165, 1.54) is 35.3 Å². The topological polar surface area (TPSA) is 150 Å². The van der Waals surface area contributed by atoms with Gasteiger partial charge >= 0.3 is 6.09 Å². The van der Waals surface area contributed by atoms with Crippen LogP contribution < -0.4 is 11.1 Å². The predicted octanol–water partition coefficient (Wildman–Crippen LogP) is 3.46. The van der Waals surface area contributed by atoms with Crippen LogP contribution in [0, 0.1) is 11.8 Å². The zero-order valence-electron chi connectivity index (χ0n) is 23.4. The zero-order chi connectivity index (χ0) is 30.2. The third kappa shape index (κ3) is 8.06. The molecule has 0 spiro atoms. The van der Waals surface area contributed by atoms with Gasteiger partial charge in [0.25, 0.3) is 5.91 Å². The van der Waals surface area contributed by atoms with E-state index in [1.54, 1.807) is 0 Å². The molecule has 2 fully saturated rings. The number of nitrogens with one attached hydrogen (secondary N) is 1. The quantitative estimate of drug-likeness (QED) is 0.273. The summed E-state index contributed by atoms with van der Waals surface area (Å²) in [5.74, 6) is -2.40. The van der Waals surface area contributed by atoms with Gasteiger partial charge in [-0.3, -0.25) is 14.7 Å². The van der Waals surface area contributed by atoms with Gasteiger partial charge in [-0.05, 0) is 25.0 Å². The number of halogens is 2. The van der Waals surface area contributed by atoms with Crippen molar-refractivity contribution in [3.8, 4) is 10.6 Å². The van der Waals surface area contributed by atoms with Crippen molar-refractivity contribution in [3.63, 3.8) is 0 Å². The maximum absolute atomic E-state index is 14.5. The van der Waals surface area contributed by atoms with Crippen molar-refractivity contribution in [3.05, 3.63) is 58.8 Å². The molecule has 0 unspecified atom stereocenters. The van der Waals surface area contributed by atoms with Crippen LogP contribution in [0.15, 0.2) is 40.6 Å². The second kappa shape index (κ2) is 14.4. The number of thiazole rings is 1.